The predicted octanol–water partition coefficient (Wildman–Crippen LogP) is 4.00. The molecular formula is C20H19N5O. The Balaban J connectivity index is 1.59. The summed E-state index contributed by atoms with van der Waals surface area (Å²) in [5.41, 5.74) is 3.08. The van der Waals surface area contributed by atoms with Crippen molar-refractivity contribution in [3.05, 3.63) is 72.8 Å². The number of rotatable bonds is 5. The number of benzene rings is 2. The van der Waals surface area contributed by atoms with Crippen LogP contribution in [0.4, 0.5) is 5.82 Å². The number of nitrogens with one attached hydrogen (secondary N) is 1. The van der Waals surface area contributed by atoms with Gasteiger partial charge in [0.25, 0.3) is 0 Å². The summed E-state index contributed by atoms with van der Waals surface area (Å²) in [5.74, 6) is 2.28. The Hall–Kier alpha value is -3.41. The number of ether oxygens (including phenoxy) is 1. The molecular weight excluding hydrogens is 326 g/mol. The molecule has 0 amide bonds. The Morgan fingerprint density at radius 1 is 1.04 bits per heavy atom. The van der Waals surface area contributed by atoms with Crippen molar-refractivity contribution in [1.82, 2.24) is 19.5 Å². The van der Waals surface area contributed by atoms with Crippen molar-refractivity contribution in [1.29, 1.82) is 0 Å². The van der Waals surface area contributed by atoms with Crippen LogP contribution in [-0.2, 0) is 0 Å². The first-order chi connectivity index (χ1) is 12.7. The van der Waals surface area contributed by atoms with Crippen molar-refractivity contribution >= 4 is 16.9 Å². The summed E-state index contributed by atoms with van der Waals surface area (Å²) in [4.78, 5) is 13.4. The summed E-state index contributed by atoms with van der Waals surface area (Å²) in [7, 11) is 1.66. The predicted molar refractivity (Wildman–Crippen MR) is 102 cm³/mol. The maximum Gasteiger partial charge on any atom is 0.159 e. The fourth-order valence-corrected chi connectivity index (χ4v) is 2.88. The summed E-state index contributed by atoms with van der Waals surface area (Å²) in [6.45, 7) is 2.09. The van der Waals surface area contributed by atoms with Gasteiger partial charge in [-0.15, -0.1) is 0 Å². The van der Waals surface area contributed by atoms with E-state index in [1.165, 1.54) is 0 Å². The van der Waals surface area contributed by atoms with Crippen LogP contribution in [0.15, 0.2) is 67.3 Å². The van der Waals surface area contributed by atoms with Gasteiger partial charge < -0.3 is 10.1 Å². The summed E-state index contributed by atoms with van der Waals surface area (Å²) >= 11 is 0. The highest BCUT2D eigenvalue weighted by Gasteiger charge is 2.09. The number of anilines is 1. The van der Waals surface area contributed by atoms with E-state index in [-0.39, 0.29) is 6.04 Å². The van der Waals surface area contributed by atoms with E-state index in [0.717, 1.165) is 28.2 Å². The third kappa shape index (κ3) is 3.09. The van der Waals surface area contributed by atoms with Crippen molar-refractivity contribution < 1.29 is 4.74 Å². The molecule has 0 saturated carbocycles. The number of fused-ring (bicyclic) bond motifs is 1. The van der Waals surface area contributed by atoms with E-state index in [1.807, 2.05) is 53.1 Å². The molecule has 4 rings (SSSR count). The second kappa shape index (κ2) is 6.84. The highest BCUT2D eigenvalue weighted by atomic mass is 16.5. The van der Waals surface area contributed by atoms with Crippen molar-refractivity contribution in [2.45, 2.75) is 13.0 Å². The van der Waals surface area contributed by atoms with E-state index < -0.39 is 0 Å². The van der Waals surface area contributed by atoms with E-state index in [2.05, 4.69) is 27.2 Å². The monoisotopic (exact) mass is 345 g/mol. The van der Waals surface area contributed by atoms with Crippen LogP contribution < -0.4 is 10.1 Å². The van der Waals surface area contributed by atoms with Gasteiger partial charge in [-0.1, -0.05) is 24.3 Å². The molecule has 0 bridgehead atoms. The molecule has 2 aromatic heterocycles. The highest BCUT2D eigenvalue weighted by Crippen LogP contribution is 2.22. The topological polar surface area (TPSA) is 64.9 Å². The van der Waals surface area contributed by atoms with Gasteiger partial charge in [-0.2, -0.15) is 0 Å². The van der Waals surface area contributed by atoms with Gasteiger partial charge in [0.1, 0.15) is 17.9 Å². The molecule has 1 N–H and O–H groups in total. The van der Waals surface area contributed by atoms with Gasteiger partial charge in [-0.3, -0.25) is 9.55 Å². The number of hydrogen-bond donors (Lipinski definition) is 1. The number of imidazole rings is 1. The van der Waals surface area contributed by atoms with Crippen LogP contribution in [0.1, 0.15) is 18.5 Å². The van der Waals surface area contributed by atoms with Crippen molar-refractivity contribution in [3.63, 3.8) is 0 Å². The van der Waals surface area contributed by atoms with E-state index in [4.69, 9.17) is 4.74 Å². The second-order valence-electron chi connectivity index (χ2n) is 6.00. The second-order valence-corrected chi connectivity index (χ2v) is 6.00. The summed E-state index contributed by atoms with van der Waals surface area (Å²) in [6, 6.07) is 16.0. The molecule has 4 aromatic rings. The van der Waals surface area contributed by atoms with Gasteiger partial charge in [-0.25, -0.2) is 9.97 Å². The fourth-order valence-electron chi connectivity index (χ4n) is 2.88. The standard InChI is InChI=1S/C20H19N5O/c1-14(15-7-9-16(26-2)10-8-15)23-19-11-21-12-20(24-19)25-13-22-17-5-3-4-6-18(17)25/h3-14H,1-2H3,(H,23,24)/t14-/m0/s1. The van der Waals surface area contributed by atoms with Gasteiger partial charge >= 0.3 is 0 Å². The third-order valence-electron chi connectivity index (χ3n) is 4.30. The smallest absolute Gasteiger partial charge is 0.159 e. The normalized spacial score (nSPS) is 12.1. The molecule has 1 atom stereocenters. The lowest BCUT2D eigenvalue weighted by Gasteiger charge is -2.15. The van der Waals surface area contributed by atoms with E-state index in [0.29, 0.717) is 5.82 Å². The Morgan fingerprint density at radius 3 is 2.65 bits per heavy atom. The SMILES string of the molecule is COc1ccc([C@H](C)Nc2cncc(-n3cnc4ccccc43)n2)cc1. The van der Waals surface area contributed by atoms with Crippen molar-refractivity contribution in [3.8, 4) is 11.6 Å². The lowest BCUT2D eigenvalue weighted by atomic mass is 10.1. The minimum absolute atomic E-state index is 0.0880. The molecule has 6 nitrogen and oxygen atoms in total. The van der Waals surface area contributed by atoms with Crippen LogP contribution in [-0.4, -0.2) is 26.6 Å². The van der Waals surface area contributed by atoms with Crippen LogP contribution in [0.3, 0.4) is 0 Å². The molecule has 0 spiro atoms. The highest BCUT2D eigenvalue weighted by molar-refractivity contribution is 5.76. The molecule has 130 valence electrons. The van der Waals surface area contributed by atoms with Crippen molar-refractivity contribution in [2.24, 2.45) is 0 Å². The first-order valence-corrected chi connectivity index (χ1v) is 8.39. The molecule has 0 saturated heterocycles. The minimum atomic E-state index is 0.0880. The lowest BCUT2D eigenvalue weighted by Crippen LogP contribution is -2.09. The largest absolute Gasteiger partial charge is 0.497 e. The molecule has 0 radical (unpaired) electrons. The average molecular weight is 345 g/mol. The summed E-state index contributed by atoms with van der Waals surface area (Å²) < 4.78 is 7.14. The van der Waals surface area contributed by atoms with Crippen LogP contribution in [0.2, 0.25) is 0 Å². The molecule has 0 unspecified atom stereocenters. The summed E-state index contributed by atoms with van der Waals surface area (Å²) in [6.07, 6.45) is 5.23. The van der Waals surface area contributed by atoms with E-state index >= 15 is 0 Å². The molecule has 0 aliphatic carbocycles. The molecule has 0 aliphatic rings. The lowest BCUT2D eigenvalue weighted by molar-refractivity contribution is 0.414. The van der Waals surface area contributed by atoms with Gasteiger partial charge in [0, 0.05) is 6.04 Å². The van der Waals surface area contributed by atoms with Gasteiger partial charge in [0.2, 0.25) is 0 Å². The zero-order chi connectivity index (χ0) is 17.9. The first kappa shape index (κ1) is 16.1. The number of nitrogens with zero attached hydrogens (tertiary/aromatic N) is 4. The molecule has 0 aliphatic heterocycles. The van der Waals surface area contributed by atoms with Gasteiger partial charge in [-0.05, 0) is 36.8 Å². The number of aromatic nitrogens is 4. The van der Waals surface area contributed by atoms with Gasteiger partial charge in [0.05, 0.1) is 30.5 Å². The number of hydrogen-bond acceptors (Lipinski definition) is 5. The van der Waals surface area contributed by atoms with Gasteiger partial charge in [0.15, 0.2) is 5.82 Å². The summed E-state index contributed by atoms with van der Waals surface area (Å²) in [5, 5.41) is 3.40. The number of methoxy groups -OCH3 is 1. The van der Waals surface area contributed by atoms with Crippen LogP contribution in [0, 0.1) is 0 Å². The Morgan fingerprint density at radius 2 is 1.85 bits per heavy atom. The molecule has 2 heterocycles. The minimum Gasteiger partial charge on any atom is -0.497 e. The van der Waals surface area contributed by atoms with Crippen LogP contribution in [0.25, 0.3) is 16.9 Å². The zero-order valence-electron chi connectivity index (χ0n) is 14.6. The average Bonchev–Trinajstić information content (AvgIpc) is 3.12. The third-order valence-corrected chi connectivity index (χ3v) is 4.30. The van der Waals surface area contributed by atoms with E-state index in [9.17, 15) is 0 Å². The maximum atomic E-state index is 5.21. The van der Waals surface area contributed by atoms with Crippen molar-refractivity contribution in [2.75, 3.05) is 12.4 Å². The molecule has 6 heteroatoms. The fraction of sp³-hybridized carbons (Fsp3) is 0.150. The van der Waals surface area contributed by atoms with Crippen LogP contribution in [0.5, 0.6) is 5.75 Å². The number of para-hydroxylation sites is 2. The molecule has 26 heavy (non-hydrogen) atoms. The Labute approximate surface area is 151 Å². The molecule has 0 fully saturated rings. The zero-order valence-corrected chi connectivity index (χ0v) is 14.6. The quantitative estimate of drug-likeness (QED) is 0.592. The maximum absolute atomic E-state index is 5.21. The first-order valence-electron chi connectivity index (χ1n) is 8.39. The molecule has 2 aromatic carbocycles. The van der Waals surface area contributed by atoms with E-state index in [1.54, 1.807) is 25.8 Å². The Kier molecular flexibility index (Phi) is 4.23. The van der Waals surface area contributed by atoms with Crippen LogP contribution >= 0.6 is 0 Å². The Bertz CT molecular complexity index is 1030.